The quantitative estimate of drug-likeness (QED) is 0.778. The lowest BCUT2D eigenvalue weighted by Gasteiger charge is -2.35. The van der Waals surface area contributed by atoms with Crippen molar-refractivity contribution in [1.29, 1.82) is 0 Å². The molecule has 0 bridgehead atoms. The van der Waals surface area contributed by atoms with Crippen molar-refractivity contribution >= 4 is 21.6 Å². The molecular formula is C21H21N3O5S. The van der Waals surface area contributed by atoms with Crippen molar-refractivity contribution in [3.63, 3.8) is 0 Å². The van der Waals surface area contributed by atoms with Gasteiger partial charge in [0.1, 0.15) is 17.0 Å². The van der Waals surface area contributed by atoms with Crippen molar-refractivity contribution < 1.29 is 18.3 Å². The molecule has 2 aromatic rings. The maximum Gasteiger partial charge on any atom is 0.283 e. The van der Waals surface area contributed by atoms with Gasteiger partial charge in [-0.2, -0.15) is 12.8 Å². The zero-order valence-electron chi connectivity index (χ0n) is 16.7. The van der Waals surface area contributed by atoms with Gasteiger partial charge >= 0.3 is 0 Å². The van der Waals surface area contributed by atoms with Crippen LogP contribution in [0.5, 0.6) is 0 Å². The second-order valence-corrected chi connectivity index (χ2v) is 10.0. The molecule has 3 heterocycles. The van der Waals surface area contributed by atoms with Gasteiger partial charge in [0.15, 0.2) is 0 Å². The third-order valence-corrected chi connectivity index (χ3v) is 6.53. The Labute approximate surface area is 173 Å². The molecule has 2 aliphatic rings. The van der Waals surface area contributed by atoms with Crippen molar-refractivity contribution in [3.8, 4) is 0 Å². The van der Waals surface area contributed by atoms with Crippen LogP contribution in [-0.2, 0) is 21.4 Å². The Morgan fingerprint density at radius 3 is 2.47 bits per heavy atom. The van der Waals surface area contributed by atoms with E-state index in [0.29, 0.717) is 11.1 Å². The molecule has 30 heavy (non-hydrogen) atoms. The lowest BCUT2D eigenvalue weighted by atomic mass is 9.84. The number of benzene rings is 1. The van der Waals surface area contributed by atoms with E-state index < -0.39 is 27.4 Å². The lowest BCUT2D eigenvalue weighted by Crippen LogP contribution is -2.43. The van der Waals surface area contributed by atoms with Crippen molar-refractivity contribution in [2.45, 2.75) is 38.3 Å². The topological polar surface area (TPSA) is 120 Å². The van der Waals surface area contributed by atoms with Crippen LogP contribution in [0.15, 0.2) is 68.0 Å². The summed E-state index contributed by atoms with van der Waals surface area (Å²) in [5, 5.41) is 11.1. The zero-order chi connectivity index (χ0) is 21.8. The smallest absolute Gasteiger partial charge is 0.283 e. The number of fused-ring (bicyclic) bond motifs is 1. The minimum Gasteiger partial charge on any atom is -0.509 e. The van der Waals surface area contributed by atoms with E-state index in [-0.39, 0.29) is 34.0 Å². The lowest BCUT2D eigenvalue weighted by molar-refractivity contribution is -0.129. The summed E-state index contributed by atoms with van der Waals surface area (Å²) >= 11 is 0. The highest BCUT2D eigenvalue weighted by atomic mass is 32.2. The van der Waals surface area contributed by atoms with Crippen molar-refractivity contribution in [3.05, 3.63) is 75.4 Å². The monoisotopic (exact) mass is 427 g/mol. The first-order chi connectivity index (χ1) is 14.0. The Balaban J connectivity index is 1.83. The average molecular weight is 427 g/mol. The first kappa shape index (κ1) is 20.1. The van der Waals surface area contributed by atoms with Gasteiger partial charge in [-0.05, 0) is 17.0 Å². The van der Waals surface area contributed by atoms with Crippen LogP contribution in [0.3, 0.4) is 0 Å². The van der Waals surface area contributed by atoms with E-state index in [1.165, 1.54) is 23.2 Å². The van der Waals surface area contributed by atoms with E-state index in [1.807, 2.05) is 20.8 Å². The molecule has 2 N–H and O–H groups in total. The van der Waals surface area contributed by atoms with Crippen LogP contribution in [0.25, 0.3) is 0 Å². The molecule has 1 amide bonds. The van der Waals surface area contributed by atoms with Gasteiger partial charge in [0.05, 0.1) is 10.9 Å². The number of aromatic amines is 1. The Bertz CT molecular complexity index is 1260. The normalized spacial score (nSPS) is 20.5. The third kappa shape index (κ3) is 3.15. The van der Waals surface area contributed by atoms with Crippen LogP contribution in [0.2, 0.25) is 0 Å². The van der Waals surface area contributed by atoms with Crippen LogP contribution in [0.4, 0.5) is 0 Å². The van der Waals surface area contributed by atoms with Gasteiger partial charge in [-0.1, -0.05) is 45.0 Å². The number of hydrogen-bond acceptors (Lipinski definition) is 5. The van der Waals surface area contributed by atoms with Crippen LogP contribution in [0.1, 0.15) is 31.9 Å². The summed E-state index contributed by atoms with van der Waals surface area (Å²) < 4.78 is 28.7. The van der Waals surface area contributed by atoms with Gasteiger partial charge in [0.25, 0.3) is 15.9 Å². The van der Waals surface area contributed by atoms with E-state index in [0.717, 1.165) is 0 Å². The van der Waals surface area contributed by atoms with E-state index in [1.54, 1.807) is 24.3 Å². The second kappa shape index (κ2) is 6.66. The molecule has 2 aliphatic heterocycles. The number of aromatic nitrogens is 1. The van der Waals surface area contributed by atoms with Crippen LogP contribution in [-0.4, -0.2) is 41.1 Å². The number of sulfonamides is 1. The number of nitrogens with one attached hydrogen (secondary N) is 1. The fourth-order valence-corrected chi connectivity index (χ4v) is 5.16. The number of hydrogen-bond donors (Lipinski definition) is 2. The van der Waals surface area contributed by atoms with Gasteiger partial charge in [0.2, 0.25) is 5.56 Å². The van der Waals surface area contributed by atoms with Crippen LogP contribution >= 0.6 is 0 Å². The predicted octanol–water partition coefficient (Wildman–Crippen LogP) is 2.14. The molecule has 1 atom stereocenters. The Hall–Kier alpha value is -3.20. The minimum atomic E-state index is -3.94. The number of aliphatic hydroxyl groups excluding tert-OH is 1. The van der Waals surface area contributed by atoms with Gasteiger partial charge < -0.3 is 15.0 Å². The molecule has 0 saturated carbocycles. The minimum absolute atomic E-state index is 0.0134. The van der Waals surface area contributed by atoms with Crippen molar-refractivity contribution in [1.82, 2.24) is 9.88 Å². The molecule has 0 fully saturated rings. The number of rotatable bonds is 3. The summed E-state index contributed by atoms with van der Waals surface area (Å²) in [4.78, 5) is 28.8. The van der Waals surface area contributed by atoms with Gasteiger partial charge in [-0.15, -0.1) is 0 Å². The predicted molar refractivity (Wildman–Crippen MR) is 111 cm³/mol. The number of nitrogens with zero attached hydrogens (tertiary/aromatic N) is 2. The van der Waals surface area contributed by atoms with E-state index >= 15 is 0 Å². The van der Waals surface area contributed by atoms with Crippen molar-refractivity contribution in [2.75, 3.05) is 0 Å². The second-order valence-electron chi connectivity index (χ2n) is 8.43. The Morgan fingerprint density at radius 2 is 1.83 bits per heavy atom. The number of H-pyrrole nitrogens is 1. The number of carbonyl (C=O) groups is 1. The summed E-state index contributed by atoms with van der Waals surface area (Å²) in [5.74, 6) is -0.716. The summed E-state index contributed by atoms with van der Waals surface area (Å²) in [7, 11) is -3.94. The first-order valence-electron chi connectivity index (χ1n) is 9.37. The number of pyridine rings is 1. The molecule has 0 unspecified atom stereocenters. The van der Waals surface area contributed by atoms with Gasteiger partial charge in [0, 0.05) is 24.4 Å². The number of amides is 1. The SMILES string of the molecule is CC(C)(C)[C@H]1C(O)=C(C2=NS(=O)(=O)c3ccccc32)C(=O)N1Cc1ccc(=O)[nH]c1. The molecule has 0 spiro atoms. The largest absolute Gasteiger partial charge is 0.509 e. The van der Waals surface area contributed by atoms with Crippen LogP contribution in [0, 0.1) is 5.41 Å². The fourth-order valence-electron chi connectivity index (χ4n) is 3.94. The molecule has 9 heteroatoms. The van der Waals surface area contributed by atoms with Gasteiger partial charge in [-0.25, -0.2) is 0 Å². The average Bonchev–Trinajstić information content (AvgIpc) is 3.07. The highest BCUT2D eigenvalue weighted by Gasteiger charge is 2.48. The molecule has 0 saturated heterocycles. The van der Waals surface area contributed by atoms with E-state index in [4.69, 9.17) is 0 Å². The summed E-state index contributed by atoms with van der Waals surface area (Å²) in [6.07, 6.45) is 1.51. The summed E-state index contributed by atoms with van der Waals surface area (Å²) in [5.41, 5.74) is 0.0294. The highest BCUT2D eigenvalue weighted by molar-refractivity contribution is 7.90. The molecule has 8 nitrogen and oxygen atoms in total. The molecule has 4 rings (SSSR count). The number of aliphatic hydroxyl groups is 1. The Morgan fingerprint density at radius 1 is 1.13 bits per heavy atom. The van der Waals surface area contributed by atoms with E-state index in [2.05, 4.69) is 9.38 Å². The molecule has 1 aromatic heterocycles. The molecule has 1 aromatic carbocycles. The standard InChI is InChI=1S/C21H21N3O5S/c1-21(2,3)19-18(26)16(17-13-6-4-5-7-14(13)30(28,29)23-17)20(27)24(19)11-12-8-9-15(25)22-10-12/h4-10,19,26H,11H2,1-3H3,(H,22,25)/t19-/m1/s1. The molecule has 0 aliphatic carbocycles. The maximum atomic E-state index is 13.4. The zero-order valence-corrected chi connectivity index (χ0v) is 17.5. The molecule has 156 valence electrons. The molecule has 0 radical (unpaired) electrons. The van der Waals surface area contributed by atoms with Crippen LogP contribution < -0.4 is 5.56 Å². The number of carbonyl (C=O) groups excluding carboxylic acids is 1. The van der Waals surface area contributed by atoms with Gasteiger partial charge in [-0.3, -0.25) is 9.59 Å². The highest BCUT2D eigenvalue weighted by Crippen LogP contribution is 2.40. The maximum absolute atomic E-state index is 13.4. The third-order valence-electron chi connectivity index (χ3n) is 5.19. The fraction of sp³-hybridized carbons (Fsp3) is 0.286. The first-order valence-corrected chi connectivity index (χ1v) is 10.8. The van der Waals surface area contributed by atoms with Crippen molar-refractivity contribution in [2.24, 2.45) is 9.81 Å². The molecular weight excluding hydrogens is 406 g/mol. The van der Waals surface area contributed by atoms with E-state index in [9.17, 15) is 23.1 Å². The summed E-state index contributed by atoms with van der Waals surface area (Å²) in [6.45, 7) is 5.77. The Kier molecular flexibility index (Phi) is 4.46. The summed E-state index contributed by atoms with van der Waals surface area (Å²) in [6, 6.07) is 8.52.